The molecule has 3 rings (SSSR count). The van der Waals surface area contributed by atoms with Crippen molar-refractivity contribution in [2.24, 2.45) is 23.7 Å². The lowest BCUT2D eigenvalue weighted by Crippen LogP contribution is -2.66. The number of rotatable bonds is 24. The average molecular weight is 960 g/mol. The number of aliphatic hydroxyl groups is 1. The lowest BCUT2D eigenvalue weighted by molar-refractivity contribution is -0.116. The molecule has 0 aliphatic rings. The summed E-state index contributed by atoms with van der Waals surface area (Å²) in [6.45, 7) is 41.0. The Morgan fingerprint density at radius 1 is 0.712 bits per heavy atom. The Labute approximate surface area is 405 Å². The molecule has 0 aliphatic heterocycles. The quantitative estimate of drug-likeness (QED) is 0.0544. The van der Waals surface area contributed by atoms with Crippen LogP contribution in [0.3, 0.4) is 0 Å². The first-order valence-corrected chi connectivity index (χ1v) is 32.1. The van der Waals surface area contributed by atoms with Crippen molar-refractivity contribution in [3.8, 4) is 5.75 Å². The monoisotopic (exact) mass is 959 g/mol. The Balaban J connectivity index is 1.91. The zero-order valence-corrected chi connectivity index (χ0v) is 47.6. The first kappa shape index (κ1) is 57.4. The second-order valence-electron chi connectivity index (χ2n) is 23.0. The van der Waals surface area contributed by atoms with Crippen LogP contribution in [-0.2, 0) is 29.4 Å². The third-order valence-corrected chi connectivity index (χ3v) is 28.7. The Kier molecular flexibility index (Phi) is 20.9. The molecule has 3 aromatic rings. The number of aliphatic hydroxyl groups excluding tert-OH is 1. The Bertz CT molecular complexity index is 1940. The van der Waals surface area contributed by atoms with Crippen LogP contribution in [0, 0.1) is 23.7 Å². The molecule has 0 aromatic heterocycles. The van der Waals surface area contributed by atoms with Crippen LogP contribution in [0.25, 0.3) is 0 Å². The highest BCUT2D eigenvalue weighted by atomic mass is 28.4. The van der Waals surface area contributed by atoms with Gasteiger partial charge in [0.1, 0.15) is 5.75 Å². The van der Waals surface area contributed by atoms with Crippen molar-refractivity contribution in [1.29, 1.82) is 0 Å². The van der Waals surface area contributed by atoms with Crippen molar-refractivity contribution in [2.45, 2.75) is 170 Å². The van der Waals surface area contributed by atoms with E-state index in [0.29, 0.717) is 26.2 Å². The molecule has 0 heterocycles. The minimum atomic E-state index is -2.77. The molecule has 66 heavy (non-hydrogen) atoms. The summed E-state index contributed by atoms with van der Waals surface area (Å²) in [5.41, 5.74) is 2.01. The Morgan fingerprint density at radius 2 is 1.23 bits per heavy atom. The van der Waals surface area contributed by atoms with Gasteiger partial charge in [-0.25, -0.2) is 0 Å². The normalized spacial score (nSPS) is 16.9. The van der Waals surface area contributed by atoms with Crippen molar-refractivity contribution in [2.75, 3.05) is 20.3 Å². The van der Waals surface area contributed by atoms with E-state index in [1.807, 2.05) is 43.3 Å². The zero-order valence-electron chi connectivity index (χ0n) is 44.6. The van der Waals surface area contributed by atoms with Crippen LogP contribution >= 0.6 is 0 Å². The first-order valence-electron chi connectivity index (χ1n) is 24.4. The van der Waals surface area contributed by atoms with Gasteiger partial charge in [0, 0.05) is 36.9 Å². The predicted octanol–water partition coefficient (Wildman–Crippen LogP) is 12.9. The molecule has 0 bridgehead atoms. The third kappa shape index (κ3) is 15.3. The summed E-state index contributed by atoms with van der Waals surface area (Å²) in [5.74, 6) is -0.000920. The van der Waals surface area contributed by atoms with E-state index < -0.39 is 37.0 Å². The molecule has 10 heteroatoms. The van der Waals surface area contributed by atoms with Crippen molar-refractivity contribution in [3.63, 3.8) is 0 Å². The highest BCUT2D eigenvalue weighted by Gasteiger charge is 2.50. The van der Waals surface area contributed by atoms with Gasteiger partial charge >= 0.3 is 0 Å². The summed E-state index contributed by atoms with van der Waals surface area (Å²) in [5, 5.41) is 14.2. The smallest absolute Gasteiger partial charge is 0.261 e. The fourth-order valence-electron chi connectivity index (χ4n) is 8.07. The van der Waals surface area contributed by atoms with E-state index in [0.717, 1.165) is 16.9 Å². The van der Waals surface area contributed by atoms with Gasteiger partial charge in [-0.15, -0.1) is 0 Å². The van der Waals surface area contributed by atoms with Crippen LogP contribution in [0.15, 0.2) is 109 Å². The van der Waals surface area contributed by atoms with Gasteiger partial charge in [0.15, 0.2) is 22.4 Å². The van der Waals surface area contributed by atoms with Gasteiger partial charge in [0.05, 0.1) is 32.0 Å². The number of carbonyl (C=O) groups is 1. The second kappa shape index (κ2) is 24.1. The van der Waals surface area contributed by atoms with Crippen LogP contribution in [0.2, 0.25) is 41.3 Å². The van der Waals surface area contributed by atoms with E-state index in [9.17, 15) is 9.90 Å². The van der Waals surface area contributed by atoms with E-state index in [2.05, 4.69) is 177 Å². The van der Waals surface area contributed by atoms with Crippen LogP contribution in [0.1, 0.15) is 109 Å². The molecule has 0 saturated carbocycles. The fraction of sp³-hybridized carbons (Fsp3) is 0.589. The molecule has 0 unspecified atom stereocenters. The van der Waals surface area contributed by atoms with Gasteiger partial charge < -0.3 is 27.9 Å². The van der Waals surface area contributed by atoms with Gasteiger partial charge in [0.25, 0.3) is 8.32 Å². The molecule has 7 atom stereocenters. The number of allylic oxidation sites excluding steroid dienone is 2. The number of ketones is 1. The van der Waals surface area contributed by atoms with Gasteiger partial charge in [-0.1, -0.05) is 175 Å². The summed E-state index contributed by atoms with van der Waals surface area (Å²) in [6, 6.07) is 29.4. The highest BCUT2D eigenvalue weighted by Crippen LogP contribution is 2.41. The number of hydrogen-bond donors (Lipinski definition) is 1. The van der Waals surface area contributed by atoms with E-state index in [4.69, 9.17) is 22.8 Å². The molecule has 0 fully saturated rings. The van der Waals surface area contributed by atoms with Crippen molar-refractivity contribution in [3.05, 3.63) is 114 Å². The minimum Gasteiger partial charge on any atom is -0.497 e. The van der Waals surface area contributed by atoms with E-state index >= 15 is 0 Å². The van der Waals surface area contributed by atoms with Gasteiger partial charge in [-0.05, 0) is 94.4 Å². The molecular weight excluding hydrogens is 869 g/mol. The standard InChI is InChI=1S/C56H90O7Si3/c1-41(30-35-50(57)42(2)38-43(3)53(63-65(18,19)55(9,10)11)45(5)52(58)44(4)39-62-64(16,17)54(6,7)8)51(60-40-46-31-33-47(59-15)34-32-46)36-37-61-66(56(12,13)14,48-26-22-20-23-27-48)49-28-24-21-25-29-49/h20-35,38,41-42,44-45,51-53,58H,36-37,39-40H2,1-19H3/b35-30+,43-38+/t41-,42+,44+,45+,51-,52-,53+/m1/s1. The molecular formula is C56H90O7Si3. The van der Waals surface area contributed by atoms with E-state index in [1.165, 1.54) is 10.4 Å². The first-order chi connectivity index (χ1) is 30.5. The molecule has 0 spiro atoms. The fourth-order valence-corrected chi connectivity index (χ4v) is 15.1. The summed E-state index contributed by atoms with van der Waals surface area (Å²) in [7, 11) is -5.38. The summed E-state index contributed by atoms with van der Waals surface area (Å²) in [4.78, 5) is 14.1. The molecule has 3 aromatic carbocycles. The van der Waals surface area contributed by atoms with Crippen molar-refractivity contribution in [1.82, 2.24) is 0 Å². The Morgan fingerprint density at radius 3 is 1.70 bits per heavy atom. The number of methoxy groups -OCH3 is 1. The molecule has 0 saturated heterocycles. The average Bonchev–Trinajstić information content (AvgIpc) is 3.25. The van der Waals surface area contributed by atoms with E-state index in [-0.39, 0.29) is 50.9 Å². The molecule has 0 aliphatic carbocycles. The third-order valence-electron chi connectivity index (χ3n) is 14.7. The zero-order chi connectivity index (χ0) is 49.9. The van der Waals surface area contributed by atoms with Crippen LogP contribution in [0.4, 0.5) is 0 Å². The highest BCUT2D eigenvalue weighted by molar-refractivity contribution is 6.99. The van der Waals surface area contributed by atoms with Gasteiger partial charge in [0.2, 0.25) is 0 Å². The summed E-state index contributed by atoms with van der Waals surface area (Å²) < 4.78 is 33.2. The Hall–Kier alpha value is -2.94. The topological polar surface area (TPSA) is 83.5 Å². The maximum Gasteiger partial charge on any atom is 0.261 e. The van der Waals surface area contributed by atoms with Crippen LogP contribution in [-0.4, -0.2) is 74.5 Å². The van der Waals surface area contributed by atoms with Crippen molar-refractivity contribution >= 4 is 41.1 Å². The van der Waals surface area contributed by atoms with Gasteiger partial charge in [-0.2, -0.15) is 0 Å². The number of ether oxygens (including phenoxy) is 2. The molecule has 7 nitrogen and oxygen atoms in total. The summed E-state index contributed by atoms with van der Waals surface area (Å²) in [6.07, 6.45) is 5.17. The SMILES string of the molecule is COc1ccc(CO[C@H](CCO[Si](c2ccccc2)(c2ccccc2)C(C)(C)C)[C@H](C)/C=C/C(=O)[C@@H](C)/C=C(\C)[C@H](O[Si](C)(C)C(C)(C)C)[C@@H](C)[C@H](O)[C@@H](C)CO[Si](C)(C)C(C)(C)C)cc1. The predicted molar refractivity (Wildman–Crippen MR) is 286 cm³/mol. The van der Waals surface area contributed by atoms with Crippen LogP contribution < -0.4 is 15.1 Å². The number of carbonyl (C=O) groups excluding carboxylic acids is 1. The van der Waals surface area contributed by atoms with Crippen LogP contribution in [0.5, 0.6) is 5.75 Å². The maximum absolute atomic E-state index is 14.1. The summed E-state index contributed by atoms with van der Waals surface area (Å²) >= 11 is 0. The van der Waals surface area contributed by atoms with Crippen molar-refractivity contribution < 1.29 is 32.7 Å². The number of hydrogen-bond acceptors (Lipinski definition) is 7. The minimum absolute atomic E-state index is 0.00841. The molecule has 1 N–H and O–H groups in total. The largest absolute Gasteiger partial charge is 0.497 e. The molecule has 0 amide bonds. The molecule has 368 valence electrons. The van der Waals surface area contributed by atoms with Gasteiger partial charge in [-0.3, -0.25) is 4.79 Å². The lowest BCUT2D eigenvalue weighted by atomic mass is 9.85. The second-order valence-corrected chi connectivity index (χ2v) is 36.9. The van der Waals surface area contributed by atoms with E-state index in [1.54, 1.807) is 13.2 Å². The maximum atomic E-state index is 14.1. The lowest BCUT2D eigenvalue weighted by Gasteiger charge is -2.43. The molecule has 0 radical (unpaired) electrons. The number of benzene rings is 3.